The van der Waals surface area contributed by atoms with Gasteiger partial charge in [-0.05, 0) is 33.6 Å². The van der Waals surface area contributed by atoms with Crippen LogP contribution in [0.1, 0.15) is 53.4 Å². The van der Waals surface area contributed by atoms with Gasteiger partial charge in [-0.2, -0.15) is 0 Å². The number of hydrogen-bond donors (Lipinski definition) is 1. The second-order valence-electron chi connectivity index (χ2n) is 6.18. The van der Waals surface area contributed by atoms with Crippen molar-refractivity contribution in [2.75, 3.05) is 13.1 Å². The fraction of sp³-hybridized carbons (Fsp3) is 0.929. The van der Waals surface area contributed by atoms with Gasteiger partial charge in [0.1, 0.15) is 5.60 Å². The van der Waals surface area contributed by atoms with Crippen molar-refractivity contribution in [3.8, 4) is 0 Å². The predicted molar refractivity (Wildman–Crippen MR) is 71.4 cm³/mol. The first-order chi connectivity index (χ1) is 8.33. The highest BCUT2D eigenvalue weighted by molar-refractivity contribution is 5.68. The zero-order valence-corrected chi connectivity index (χ0v) is 12.1. The standard InChI is InChI=1S/C14H27NO3/c1-5-6-7-12(16)11-8-9-15(10-11)13(17)18-14(2,3)4/h11-12,16H,5-10H2,1-4H3/t11-,12-/m0/s1. The topological polar surface area (TPSA) is 49.8 Å². The molecule has 0 unspecified atom stereocenters. The van der Waals surface area contributed by atoms with Gasteiger partial charge in [-0.25, -0.2) is 4.79 Å². The summed E-state index contributed by atoms with van der Waals surface area (Å²) in [5.74, 6) is 0.212. The van der Waals surface area contributed by atoms with Crippen molar-refractivity contribution in [1.82, 2.24) is 4.90 Å². The summed E-state index contributed by atoms with van der Waals surface area (Å²) in [6.45, 7) is 9.05. The zero-order chi connectivity index (χ0) is 13.8. The van der Waals surface area contributed by atoms with Crippen molar-refractivity contribution in [2.24, 2.45) is 5.92 Å². The van der Waals surface area contributed by atoms with Crippen LogP contribution in [0.2, 0.25) is 0 Å². The molecule has 1 saturated heterocycles. The van der Waals surface area contributed by atoms with E-state index < -0.39 is 5.60 Å². The van der Waals surface area contributed by atoms with Crippen LogP contribution in [0.5, 0.6) is 0 Å². The number of nitrogens with zero attached hydrogens (tertiary/aromatic N) is 1. The molecule has 1 N–H and O–H groups in total. The van der Waals surface area contributed by atoms with Crippen LogP contribution in [-0.4, -0.2) is 40.9 Å². The third kappa shape index (κ3) is 4.84. The Morgan fingerprint density at radius 1 is 1.50 bits per heavy atom. The van der Waals surface area contributed by atoms with Crippen molar-refractivity contribution < 1.29 is 14.6 Å². The van der Waals surface area contributed by atoms with Gasteiger partial charge in [0.2, 0.25) is 0 Å². The summed E-state index contributed by atoms with van der Waals surface area (Å²) in [5.41, 5.74) is -0.448. The van der Waals surface area contributed by atoms with Gasteiger partial charge in [0.15, 0.2) is 0 Å². The maximum atomic E-state index is 11.9. The lowest BCUT2D eigenvalue weighted by Crippen LogP contribution is -2.36. The van der Waals surface area contributed by atoms with Gasteiger partial charge < -0.3 is 14.7 Å². The van der Waals surface area contributed by atoms with E-state index in [1.807, 2.05) is 20.8 Å². The van der Waals surface area contributed by atoms with E-state index >= 15 is 0 Å². The van der Waals surface area contributed by atoms with Crippen molar-refractivity contribution in [3.63, 3.8) is 0 Å². The van der Waals surface area contributed by atoms with E-state index in [0.29, 0.717) is 13.1 Å². The summed E-state index contributed by atoms with van der Waals surface area (Å²) in [5, 5.41) is 10.0. The number of hydrogen-bond acceptors (Lipinski definition) is 3. The Bertz CT molecular complexity index is 273. The van der Waals surface area contributed by atoms with Crippen LogP contribution < -0.4 is 0 Å². The molecular formula is C14H27NO3. The third-order valence-electron chi connectivity index (χ3n) is 3.27. The highest BCUT2D eigenvalue weighted by Crippen LogP contribution is 2.24. The van der Waals surface area contributed by atoms with Crippen molar-refractivity contribution in [2.45, 2.75) is 65.1 Å². The Hall–Kier alpha value is -0.770. The second kappa shape index (κ2) is 6.41. The highest BCUT2D eigenvalue weighted by atomic mass is 16.6. The van der Waals surface area contributed by atoms with Crippen molar-refractivity contribution >= 4 is 6.09 Å². The lowest BCUT2D eigenvalue weighted by atomic mass is 9.97. The predicted octanol–water partition coefficient (Wildman–Crippen LogP) is 2.79. The van der Waals surface area contributed by atoms with Crippen molar-refractivity contribution in [3.05, 3.63) is 0 Å². The monoisotopic (exact) mass is 257 g/mol. The molecule has 2 atom stereocenters. The van der Waals surface area contributed by atoms with Gasteiger partial charge in [-0.3, -0.25) is 0 Å². The van der Waals surface area contributed by atoms with Gasteiger partial charge in [0.25, 0.3) is 0 Å². The van der Waals surface area contributed by atoms with Gasteiger partial charge in [0, 0.05) is 19.0 Å². The number of rotatable bonds is 4. The molecule has 4 heteroatoms. The number of unbranched alkanes of at least 4 members (excludes halogenated alkanes) is 1. The molecule has 0 aromatic carbocycles. The molecule has 106 valence electrons. The van der Waals surface area contributed by atoms with Crippen LogP contribution in [0.3, 0.4) is 0 Å². The van der Waals surface area contributed by atoms with Crippen LogP contribution in [-0.2, 0) is 4.74 Å². The van der Waals surface area contributed by atoms with E-state index in [4.69, 9.17) is 4.74 Å². The molecule has 18 heavy (non-hydrogen) atoms. The minimum atomic E-state index is -0.448. The first kappa shape index (κ1) is 15.3. The largest absolute Gasteiger partial charge is 0.444 e. The number of carbonyl (C=O) groups is 1. The van der Waals surface area contributed by atoms with Crippen LogP contribution in [0.25, 0.3) is 0 Å². The minimum absolute atomic E-state index is 0.212. The molecule has 0 spiro atoms. The molecule has 1 aliphatic heterocycles. The van der Waals surface area contributed by atoms with E-state index in [1.165, 1.54) is 0 Å². The van der Waals surface area contributed by atoms with E-state index in [1.54, 1.807) is 4.90 Å². The summed E-state index contributed by atoms with van der Waals surface area (Å²) in [4.78, 5) is 13.6. The number of amides is 1. The van der Waals surface area contributed by atoms with Crippen LogP contribution in [0.15, 0.2) is 0 Å². The van der Waals surface area contributed by atoms with Gasteiger partial charge in [-0.1, -0.05) is 19.8 Å². The van der Waals surface area contributed by atoms with E-state index in [-0.39, 0.29) is 18.1 Å². The Kier molecular flexibility index (Phi) is 5.45. The molecule has 0 aromatic heterocycles. The van der Waals surface area contributed by atoms with Crippen LogP contribution >= 0.6 is 0 Å². The molecule has 1 fully saturated rings. The summed E-state index contributed by atoms with van der Waals surface area (Å²) >= 11 is 0. The van der Waals surface area contributed by atoms with E-state index in [9.17, 15) is 9.90 Å². The Labute approximate surface area is 110 Å². The number of aliphatic hydroxyl groups is 1. The average Bonchev–Trinajstić information content (AvgIpc) is 2.72. The quantitative estimate of drug-likeness (QED) is 0.842. The van der Waals surface area contributed by atoms with Crippen LogP contribution in [0, 0.1) is 5.92 Å². The summed E-state index contributed by atoms with van der Waals surface area (Å²) < 4.78 is 5.34. The fourth-order valence-electron chi connectivity index (χ4n) is 2.24. The zero-order valence-electron chi connectivity index (χ0n) is 12.1. The second-order valence-corrected chi connectivity index (χ2v) is 6.18. The first-order valence-corrected chi connectivity index (χ1v) is 6.99. The molecule has 0 aromatic rings. The lowest BCUT2D eigenvalue weighted by molar-refractivity contribution is 0.0266. The maximum absolute atomic E-state index is 11.9. The van der Waals surface area contributed by atoms with E-state index in [0.717, 1.165) is 25.7 Å². The molecule has 1 aliphatic rings. The first-order valence-electron chi connectivity index (χ1n) is 6.99. The van der Waals surface area contributed by atoms with Crippen LogP contribution in [0.4, 0.5) is 4.79 Å². The average molecular weight is 257 g/mol. The number of carbonyl (C=O) groups excluding carboxylic acids is 1. The molecule has 0 radical (unpaired) electrons. The Morgan fingerprint density at radius 2 is 2.17 bits per heavy atom. The fourth-order valence-corrected chi connectivity index (χ4v) is 2.24. The molecule has 4 nitrogen and oxygen atoms in total. The Balaban J connectivity index is 2.38. The molecule has 0 bridgehead atoms. The van der Waals surface area contributed by atoms with E-state index in [2.05, 4.69) is 6.92 Å². The molecule has 1 heterocycles. The number of aliphatic hydroxyl groups excluding tert-OH is 1. The highest BCUT2D eigenvalue weighted by Gasteiger charge is 2.32. The van der Waals surface area contributed by atoms with Gasteiger partial charge in [0.05, 0.1) is 6.10 Å². The Morgan fingerprint density at radius 3 is 2.72 bits per heavy atom. The molecule has 1 rings (SSSR count). The minimum Gasteiger partial charge on any atom is -0.444 e. The molecule has 0 saturated carbocycles. The molecule has 0 aliphatic carbocycles. The summed E-state index contributed by atoms with van der Waals surface area (Å²) in [6, 6.07) is 0. The lowest BCUT2D eigenvalue weighted by Gasteiger charge is -2.25. The van der Waals surface area contributed by atoms with Gasteiger partial charge >= 0.3 is 6.09 Å². The SMILES string of the molecule is CCCC[C@H](O)[C@H]1CCN(C(=O)OC(C)(C)C)C1. The number of likely N-dealkylation sites (tertiary alicyclic amines) is 1. The number of ether oxygens (including phenoxy) is 1. The molecule has 1 amide bonds. The van der Waals surface area contributed by atoms with Crippen molar-refractivity contribution in [1.29, 1.82) is 0 Å². The third-order valence-corrected chi connectivity index (χ3v) is 3.27. The normalized spacial score (nSPS) is 22.1. The smallest absolute Gasteiger partial charge is 0.410 e. The summed E-state index contributed by atoms with van der Waals surface area (Å²) in [6.07, 6.45) is 3.32. The maximum Gasteiger partial charge on any atom is 0.410 e. The molecular weight excluding hydrogens is 230 g/mol. The van der Waals surface area contributed by atoms with Gasteiger partial charge in [-0.15, -0.1) is 0 Å². The summed E-state index contributed by atoms with van der Waals surface area (Å²) in [7, 11) is 0.